The van der Waals surface area contributed by atoms with Gasteiger partial charge in [-0.2, -0.15) is 13.2 Å². The van der Waals surface area contributed by atoms with Crippen LogP contribution in [-0.2, 0) is 17.5 Å². The summed E-state index contributed by atoms with van der Waals surface area (Å²) in [6, 6.07) is 8.70. The van der Waals surface area contributed by atoms with E-state index in [1.165, 1.54) is 36.9 Å². The molecule has 2 heterocycles. The van der Waals surface area contributed by atoms with Crippen molar-refractivity contribution in [2.24, 2.45) is 0 Å². The van der Waals surface area contributed by atoms with E-state index < -0.39 is 23.2 Å². The smallest absolute Gasteiger partial charge is 0.324 e. The van der Waals surface area contributed by atoms with Crippen LogP contribution in [-0.4, -0.2) is 20.4 Å². The van der Waals surface area contributed by atoms with Gasteiger partial charge < -0.3 is 5.32 Å². The summed E-state index contributed by atoms with van der Waals surface area (Å²) in [7, 11) is 0. The number of amides is 1. The van der Waals surface area contributed by atoms with Gasteiger partial charge in [0.1, 0.15) is 6.54 Å². The highest BCUT2D eigenvalue weighted by Gasteiger charge is 2.30. The number of rotatable bonds is 4. The van der Waals surface area contributed by atoms with Gasteiger partial charge in [-0.1, -0.05) is 12.1 Å². The first-order chi connectivity index (χ1) is 12.8. The van der Waals surface area contributed by atoms with Crippen molar-refractivity contribution >= 4 is 11.6 Å². The molecule has 0 aliphatic rings. The van der Waals surface area contributed by atoms with Gasteiger partial charge in [-0.25, -0.2) is 4.98 Å². The summed E-state index contributed by atoms with van der Waals surface area (Å²) in [4.78, 5) is 32.1. The fourth-order valence-corrected chi connectivity index (χ4v) is 2.32. The maximum atomic E-state index is 12.6. The molecule has 0 spiro atoms. The number of carbonyl (C=O) groups is 1. The Balaban J connectivity index is 1.74. The van der Waals surface area contributed by atoms with Crippen molar-refractivity contribution in [1.82, 2.24) is 14.5 Å². The number of hydrogen-bond acceptors (Lipinski definition) is 4. The number of pyridine rings is 1. The Morgan fingerprint density at radius 3 is 2.33 bits per heavy atom. The molecule has 0 radical (unpaired) electrons. The van der Waals surface area contributed by atoms with Gasteiger partial charge in [-0.05, 0) is 24.3 Å². The van der Waals surface area contributed by atoms with Gasteiger partial charge in [0, 0.05) is 29.7 Å². The van der Waals surface area contributed by atoms with Crippen molar-refractivity contribution in [2.45, 2.75) is 12.7 Å². The SMILES string of the molecule is O=C(Cn1cnc(-c2ccc(C(F)(F)F)cc2)cc1=O)Nc1ccncc1. The fourth-order valence-electron chi connectivity index (χ4n) is 2.32. The molecule has 1 N–H and O–H groups in total. The normalized spacial score (nSPS) is 11.2. The highest BCUT2D eigenvalue weighted by atomic mass is 19.4. The first kappa shape index (κ1) is 18.3. The third kappa shape index (κ3) is 4.57. The zero-order chi connectivity index (χ0) is 19.4. The predicted molar refractivity (Wildman–Crippen MR) is 91.8 cm³/mol. The van der Waals surface area contributed by atoms with Crippen molar-refractivity contribution in [2.75, 3.05) is 5.32 Å². The molecular weight excluding hydrogens is 361 g/mol. The van der Waals surface area contributed by atoms with Crippen LogP contribution >= 0.6 is 0 Å². The largest absolute Gasteiger partial charge is 0.416 e. The molecule has 0 bridgehead atoms. The minimum atomic E-state index is -4.43. The molecule has 6 nitrogen and oxygen atoms in total. The maximum Gasteiger partial charge on any atom is 0.416 e. The molecule has 3 aromatic rings. The lowest BCUT2D eigenvalue weighted by molar-refractivity contribution is -0.137. The van der Waals surface area contributed by atoms with Crippen molar-refractivity contribution in [3.05, 3.63) is 77.1 Å². The number of nitrogens with one attached hydrogen (secondary N) is 1. The third-order valence-electron chi connectivity index (χ3n) is 3.67. The molecule has 3 rings (SSSR count). The summed E-state index contributed by atoms with van der Waals surface area (Å²) in [6.45, 7) is -0.249. The molecule has 0 fully saturated rings. The highest BCUT2D eigenvalue weighted by Crippen LogP contribution is 2.30. The van der Waals surface area contributed by atoms with Crippen molar-refractivity contribution in [3.8, 4) is 11.3 Å². The molecule has 138 valence electrons. The van der Waals surface area contributed by atoms with Crippen LogP contribution < -0.4 is 10.9 Å². The van der Waals surface area contributed by atoms with Crippen LogP contribution in [0.25, 0.3) is 11.3 Å². The Morgan fingerprint density at radius 1 is 1.07 bits per heavy atom. The van der Waals surface area contributed by atoms with Crippen molar-refractivity contribution in [3.63, 3.8) is 0 Å². The standard InChI is InChI=1S/C18H13F3N4O2/c19-18(20,21)13-3-1-12(2-4-13)15-9-17(27)25(11-23-15)10-16(26)24-14-5-7-22-8-6-14/h1-9,11H,10H2,(H,22,24,26). The number of carbonyl (C=O) groups excluding carboxylic acids is 1. The molecular formula is C18H13F3N4O2. The van der Waals surface area contributed by atoms with E-state index >= 15 is 0 Å². The quantitative estimate of drug-likeness (QED) is 0.762. The lowest BCUT2D eigenvalue weighted by Crippen LogP contribution is -2.27. The zero-order valence-corrected chi connectivity index (χ0v) is 13.8. The van der Waals surface area contributed by atoms with E-state index in [0.717, 1.165) is 16.7 Å². The molecule has 0 unspecified atom stereocenters. The van der Waals surface area contributed by atoms with Crippen LogP contribution in [0.15, 0.2) is 66.0 Å². The summed E-state index contributed by atoms with van der Waals surface area (Å²) < 4.78 is 38.9. The van der Waals surface area contributed by atoms with Gasteiger partial charge in [0.2, 0.25) is 5.91 Å². The van der Waals surface area contributed by atoms with Crippen molar-refractivity contribution in [1.29, 1.82) is 0 Å². The summed E-state index contributed by atoms with van der Waals surface area (Å²) in [5.74, 6) is -0.424. The van der Waals surface area contributed by atoms with Crippen LogP contribution in [0.4, 0.5) is 18.9 Å². The number of alkyl halides is 3. The number of nitrogens with zero attached hydrogens (tertiary/aromatic N) is 3. The van der Waals surface area contributed by atoms with E-state index in [9.17, 15) is 22.8 Å². The van der Waals surface area contributed by atoms with Crippen LogP contribution in [0.2, 0.25) is 0 Å². The molecule has 2 aromatic heterocycles. The summed E-state index contributed by atoms with van der Waals surface area (Å²) >= 11 is 0. The third-order valence-corrected chi connectivity index (χ3v) is 3.67. The highest BCUT2D eigenvalue weighted by molar-refractivity contribution is 5.90. The van der Waals surface area contributed by atoms with E-state index in [4.69, 9.17) is 0 Å². The molecule has 9 heteroatoms. The minimum Gasteiger partial charge on any atom is -0.324 e. The molecule has 27 heavy (non-hydrogen) atoms. The molecule has 0 atom stereocenters. The molecule has 0 aliphatic carbocycles. The Kier molecular flexibility index (Phi) is 5.02. The zero-order valence-electron chi connectivity index (χ0n) is 13.8. The van der Waals surface area contributed by atoms with Crippen LogP contribution in [0.1, 0.15) is 5.56 Å². The minimum absolute atomic E-state index is 0.222. The van der Waals surface area contributed by atoms with E-state index in [-0.39, 0.29) is 12.2 Å². The first-order valence-corrected chi connectivity index (χ1v) is 7.77. The number of halogens is 3. The lowest BCUT2D eigenvalue weighted by atomic mass is 10.1. The van der Waals surface area contributed by atoms with Gasteiger partial charge in [-0.3, -0.25) is 19.1 Å². The summed E-state index contributed by atoms with van der Waals surface area (Å²) in [6.07, 6.45) is -0.219. The molecule has 1 aromatic carbocycles. The number of benzene rings is 1. The number of anilines is 1. The average Bonchev–Trinajstić information content (AvgIpc) is 2.63. The van der Waals surface area contributed by atoms with E-state index in [0.29, 0.717) is 11.3 Å². The summed E-state index contributed by atoms with van der Waals surface area (Å²) in [5.41, 5.74) is -0.150. The maximum absolute atomic E-state index is 12.6. The predicted octanol–water partition coefficient (Wildman–Crippen LogP) is 2.96. The second kappa shape index (κ2) is 7.40. The number of aromatic nitrogens is 3. The number of hydrogen-bond donors (Lipinski definition) is 1. The van der Waals surface area contributed by atoms with Crippen molar-refractivity contribution < 1.29 is 18.0 Å². The van der Waals surface area contributed by atoms with Gasteiger partial charge >= 0.3 is 6.18 Å². The molecule has 0 saturated carbocycles. The van der Waals surface area contributed by atoms with E-state index in [1.54, 1.807) is 12.1 Å². The summed E-state index contributed by atoms with van der Waals surface area (Å²) in [5, 5.41) is 2.61. The van der Waals surface area contributed by atoms with E-state index in [1.807, 2.05) is 0 Å². The Bertz CT molecular complexity index is 1000. The second-order valence-electron chi connectivity index (χ2n) is 5.60. The Morgan fingerprint density at radius 2 is 1.74 bits per heavy atom. The van der Waals surface area contributed by atoms with E-state index in [2.05, 4.69) is 15.3 Å². The second-order valence-corrected chi connectivity index (χ2v) is 5.60. The molecule has 1 amide bonds. The average molecular weight is 374 g/mol. The van der Waals surface area contributed by atoms with Gasteiger partial charge in [-0.15, -0.1) is 0 Å². The fraction of sp³-hybridized carbons (Fsp3) is 0.111. The topological polar surface area (TPSA) is 76.9 Å². The first-order valence-electron chi connectivity index (χ1n) is 7.77. The molecule has 0 aliphatic heterocycles. The van der Waals surface area contributed by atoms with Gasteiger partial charge in [0.05, 0.1) is 17.6 Å². The van der Waals surface area contributed by atoms with Crippen LogP contribution in [0, 0.1) is 0 Å². The molecule has 0 saturated heterocycles. The van der Waals surface area contributed by atoms with Gasteiger partial charge in [0.15, 0.2) is 0 Å². The van der Waals surface area contributed by atoms with Crippen LogP contribution in [0.5, 0.6) is 0 Å². The lowest BCUT2D eigenvalue weighted by Gasteiger charge is -2.09. The monoisotopic (exact) mass is 374 g/mol. The Labute approximate surface area is 151 Å². The van der Waals surface area contributed by atoms with Gasteiger partial charge in [0.25, 0.3) is 5.56 Å². The van der Waals surface area contributed by atoms with Crippen LogP contribution in [0.3, 0.4) is 0 Å². The Hall–Kier alpha value is -3.49.